The highest BCUT2D eigenvalue weighted by Crippen LogP contribution is 2.28. The number of rotatable bonds is 7. The normalized spacial score (nSPS) is 22.2. The van der Waals surface area contributed by atoms with Crippen LogP contribution in [0.3, 0.4) is 0 Å². The molecule has 2 aromatic rings. The van der Waals surface area contributed by atoms with E-state index in [1.54, 1.807) is 6.92 Å². The summed E-state index contributed by atoms with van der Waals surface area (Å²) in [5.41, 5.74) is -0.212. The lowest BCUT2D eigenvalue weighted by atomic mass is 10.0. The zero-order valence-corrected chi connectivity index (χ0v) is 17.6. The maximum atomic E-state index is 12.6. The standard InChI is InChI=1S/C21H20N2O10/c1-12-19(33-21(25)14-5-9-16(10-6-14)23(28)29)17(11-18(30-2)31-12)32-20(24)13-3-7-15(8-4-13)22(26)27/h3-10,12,17-19H,11H2,1-2H3/t12-,17+,18+,19+/m0/s1. The van der Waals surface area contributed by atoms with Gasteiger partial charge in [0.1, 0.15) is 6.10 Å². The fraction of sp³-hybridized carbons (Fsp3) is 0.333. The molecule has 0 spiro atoms. The second-order valence-corrected chi connectivity index (χ2v) is 7.16. The van der Waals surface area contributed by atoms with Crippen molar-refractivity contribution in [1.29, 1.82) is 0 Å². The average Bonchev–Trinajstić information content (AvgIpc) is 2.80. The molecule has 12 nitrogen and oxygen atoms in total. The van der Waals surface area contributed by atoms with Gasteiger partial charge in [0, 0.05) is 37.8 Å². The molecule has 1 fully saturated rings. The van der Waals surface area contributed by atoms with E-state index in [1.807, 2.05) is 0 Å². The average molecular weight is 460 g/mol. The molecule has 33 heavy (non-hydrogen) atoms. The molecule has 1 aliphatic rings. The molecule has 0 amide bonds. The van der Waals surface area contributed by atoms with Gasteiger partial charge in [0.15, 0.2) is 12.4 Å². The summed E-state index contributed by atoms with van der Waals surface area (Å²) in [4.78, 5) is 45.6. The van der Waals surface area contributed by atoms with Gasteiger partial charge in [0.05, 0.1) is 27.1 Å². The van der Waals surface area contributed by atoms with Gasteiger partial charge in [-0.3, -0.25) is 20.2 Å². The van der Waals surface area contributed by atoms with E-state index < -0.39 is 46.4 Å². The van der Waals surface area contributed by atoms with Gasteiger partial charge in [-0.15, -0.1) is 0 Å². The molecule has 0 bridgehead atoms. The number of methoxy groups -OCH3 is 1. The van der Waals surface area contributed by atoms with Gasteiger partial charge in [-0.2, -0.15) is 0 Å². The van der Waals surface area contributed by atoms with Crippen LogP contribution in [0.4, 0.5) is 11.4 Å². The van der Waals surface area contributed by atoms with Crippen molar-refractivity contribution in [2.24, 2.45) is 0 Å². The molecule has 0 unspecified atom stereocenters. The molecule has 1 aliphatic heterocycles. The SMILES string of the molecule is CO[C@H]1C[C@@H](OC(=O)c2ccc([N+](=O)[O-])cc2)[C@H](OC(=O)c2ccc([N+](=O)[O-])cc2)[C@H](C)O1. The molecule has 3 rings (SSSR count). The molecular weight excluding hydrogens is 440 g/mol. The fourth-order valence-corrected chi connectivity index (χ4v) is 3.27. The summed E-state index contributed by atoms with van der Waals surface area (Å²) < 4.78 is 21.9. The molecular formula is C21H20N2O10. The summed E-state index contributed by atoms with van der Waals surface area (Å²) in [6, 6.07) is 9.72. The molecule has 0 N–H and O–H groups in total. The highest BCUT2D eigenvalue weighted by molar-refractivity contribution is 5.90. The largest absolute Gasteiger partial charge is 0.455 e. The van der Waals surface area contributed by atoms with E-state index in [0.29, 0.717) is 0 Å². The maximum Gasteiger partial charge on any atom is 0.338 e. The van der Waals surface area contributed by atoms with Crippen molar-refractivity contribution in [3.05, 3.63) is 79.9 Å². The minimum Gasteiger partial charge on any atom is -0.455 e. The third-order valence-electron chi connectivity index (χ3n) is 5.01. The maximum absolute atomic E-state index is 12.6. The van der Waals surface area contributed by atoms with E-state index in [4.69, 9.17) is 18.9 Å². The van der Waals surface area contributed by atoms with Crippen LogP contribution in [0.1, 0.15) is 34.1 Å². The molecule has 1 saturated heterocycles. The van der Waals surface area contributed by atoms with E-state index in [1.165, 1.54) is 55.6 Å². The van der Waals surface area contributed by atoms with Crippen molar-refractivity contribution in [2.75, 3.05) is 7.11 Å². The fourth-order valence-electron chi connectivity index (χ4n) is 3.27. The lowest BCUT2D eigenvalue weighted by molar-refractivity contribution is -0.385. The van der Waals surface area contributed by atoms with Crippen molar-refractivity contribution >= 4 is 23.3 Å². The topological polar surface area (TPSA) is 157 Å². The van der Waals surface area contributed by atoms with Gasteiger partial charge >= 0.3 is 11.9 Å². The summed E-state index contributed by atoms with van der Waals surface area (Å²) in [6.07, 6.45) is -3.30. The number of nitrogens with zero attached hydrogens (tertiary/aromatic N) is 2. The van der Waals surface area contributed by atoms with Crippen molar-refractivity contribution in [2.45, 2.75) is 37.9 Å². The number of carbonyl (C=O) groups excluding carboxylic acids is 2. The minimum atomic E-state index is -0.999. The van der Waals surface area contributed by atoms with Crippen LogP contribution in [0.15, 0.2) is 48.5 Å². The number of hydrogen-bond acceptors (Lipinski definition) is 10. The predicted octanol–water partition coefficient (Wildman–Crippen LogP) is 3.04. The molecule has 12 heteroatoms. The first-order valence-corrected chi connectivity index (χ1v) is 9.78. The first-order chi connectivity index (χ1) is 15.7. The van der Waals surface area contributed by atoms with E-state index in [-0.39, 0.29) is 28.9 Å². The zero-order chi connectivity index (χ0) is 24.1. The molecule has 1 heterocycles. The summed E-state index contributed by atoms with van der Waals surface area (Å²) in [5.74, 6) is -1.55. The van der Waals surface area contributed by atoms with Crippen LogP contribution in [0.25, 0.3) is 0 Å². The van der Waals surface area contributed by atoms with Gasteiger partial charge in [-0.1, -0.05) is 0 Å². The third-order valence-corrected chi connectivity index (χ3v) is 5.01. The Morgan fingerprint density at radius 2 is 1.33 bits per heavy atom. The van der Waals surface area contributed by atoms with E-state index in [2.05, 4.69) is 0 Å². The summed E-state index contributed by atoms with van der Waals surface area (Å²) >= 11 is 0. The zero-order valence-electron chi connectivity index (χ0n) is 17.6. The number of nitro groups is 2. The van der Waals surface area contributed by atoms with Gasteiger partial charge < -0.3 is 18.9 Å². The second kappa shape index (κ2) is 10.1. The highest BCUT2D eigenvalue weighted by atomic mass is 16.7. The van der Waals surface area contributed by atoms with E-state index >= 15 is 0 Å². The summed E-state index contributed by atoms with van der Waals surface area (Å²) in [6.45, 7) is 1.62. The molecule has 0 saturated carbocycles. The first kappa shape index (κ1) is 23.8. The summed E-state index contributed by atoms with van der Waals surface area (Å²) in [5, 5.41) is 21.6. The molecule has 0 aliphatic carbocycles. The lowest BCUT2D eigenvalue weighted by Crippen LogP contribution is -2.51. The van der Waals surface area contributed by atoms with Crippen LogP contribution in [-0.2, 0) is 18.9 Å². The lowest BCUT2D eigenvalue weighted by Gasteiger charge is -2.38. The number of benzene rings is 2. The third kappa shape index (κ3) is 5.67. The van der Waals surface area contributed by atoms with Crippen LogP contribution < -0.4 is 0 Å². The van der Waals surface area contributed by atoms with Gasteiger partial charge in [-0.25, -0.2) is 9.59 Å². The number of carbonyl (C=O) groups is 2. The van der Waals surface area contributed by atoms with Gasteiger partial charge in [0.2, 0.25) is 0 Å². The van der Waals surface area contributed by atoms with E-state index in [0.717, 1.165) is 0 Å². The Hall–Kier alpha value is -3.90. The van der Waals surface area contributed by atoms with Gasteiger partial charge in [-0.05, 0) is 31.2 Å². The Labute approximate surface area is 187 Å². The van der Waals surface area contributed by atoms with Crippen LogP contribution >= 0.6 is 0 Å². The van der Waals surface area contributed by atoms with Gasteiger partial charge in [0.25, 0.3) is 11.4 Å². The Balaban J connectivity index is 1.76. The number of ether oxygens (including phenoxy) is 4. The Kier molecular flexibility index (Phi) is 7.30. The Morgan fingerprint density at radius 1 is 0.879 bits per heavy atom. The summed E-state index contributed by atoms with van der Waals surface area (Å²) in [7, 11) is 1.41. The van der Waals surface area contributed by atoms with E-state index in [9.17, 15) is 29.8 Å². The number of hydrogen-bond donors (Lipinski definition) is 0. The highest BCUT2D eigenvalue weighted by Gasteiger charge is 2.42. The van der Waals surface area contributed by atoms with Crippen molar-refractivity contribution in [3.8, 4) is 0 Å². The van der Waals surface area contributed by atoms with Crippen LogP contribution in [0.5, 0.6) is 0 Å². The molecule has 174 valence electrons. The minimum absolute atomic E-state index is 0.0672. The number of non-ortho nitro benzene ring substituents is 2. The number of esters is 2. The van der Waals surface area contributed by atoms with Crippen LogP contribution in [-0.4, -0.2) is 53.5 Å². The van der Waals surface area contributed by atoms with Crippen molar-refractivity contribution in [3.63, 3.8) is 0 Å². The smallest absolute Gasteiger partial charge is 0.338 e. The van der Waals surface area contributed by atoms with Crippen molar-refractivity contribution < 1.29 is 38.4 Å². The van der Waals surface area contributed by atoms with Crippen molar-refractivity contribution in [1.82, 2.24) is 0 Å². The molecule has 0 radical (unpaired) electrons. The second-order valence-electron chi connectivity index (χ2n) is 7.16. The molecule has 4 atom stereocenters. The van der Waals surface area contributed by atoms with Crippen LogP contribution in [0.2, 0.25) is 0 Å². The Morgan fingerprint density at radius 3 is 1.76 bits per heavy atom. The molecule has 0 aromatic heterocycles. The molecule has 2 aromatic carbocycles. The first-order valence-electron chi connectivity index (χ1n) is 9.78. The van der Waals surface area contributed by atoms with Crippen LogP contribution in [0, 0.1) is 20.2 Å². The number of nitro benzene ring substituents is 2. The quantitative estimate of drug-likeness (QED) is 0.341. The predicted molar refractivity (Wildman–Crippen MR) is 111 cm³/mol. The monoisotopic (exact) mass is 460 g/mol. The Bertz CT molecular complexity index is 1040.